The first kappa shape index (κ1) is 12.8. The summed E-state index contributed by atoms with van der Waals surface area (Å²) in [6.45, 7) is 6.80. The van der Waals surface area contributed by atoms with Crippen LogP contribution in [0.15, 0.2) is 10.9 Å². The third-order valence-corrected chi connectivity index (χ3v) is 3.91. The van der Waals surface area contributed by atoms with Crippen LogP contribution in [-0.2, 0) is 4.74 Å². The molecule has 1 atom stereocenters. The van der Waals surface area contributed by atoms with Crippen LogP contribution in [0.25, 0.3) is 0 Å². The topological polar surface area (TPSA) is 58.2 Å². The molecular formula is C14H21N3O2. The van der Waals surface area contributed by atoms with Crippen LogP contribution in [0.2, 0.25) is 0 Å². The largest absolute Gasteiger partial charge is 0.368 e. The predicted molar refractivity (Wildman–Crippen MR) is 72.2 cm³/mol. The van der Waals surface area contributed by atoms with Gasteiger partial charge in [-0.05, 0) is 26.7 Å². The van der Waals surface area contributed by atoms with Gasteiger partial charge in [0.25, 0.3) is 5.56 Å². The molecule has 2 heterocycles. The molecule has 0 amide bonds. The number of hydrogen-bond acceptors (Lipinski definition) is 4. The maximum absolute atomic E-state index is 11.7. The number of ether oxygens (including phenoxy) is 1. The first-order chi connectivity index (χ1) is 9.13. The maximum atomic E-state index is 11.7. The van der Waals surface area contributed by atoms with Crippen molar-refractivity contribution in [3.8, 4) is 0 Å². The Labute approximate surface area is 113 Å². The molecule has 2 aliphatic rings. The van der Waals surface area contributed by atoms with Crippen molar-refractivity contribution in [3.05, 3.63) is 27.9 Å². The van der Waals surface area contributed by atoms with Crippen LogP contribution < -0.4 is 5.56 Å². The molecule has 3 rings (SSSR count). The first-order valence-electron chi connectivity index (χ1n) is 7.10. The van der Waals surface area contributed by atoms with E-state index in [9.17, 15) is 4.79 Å². The summed E-state index contributed by atoms with van der Waals surface area (Å²) in [6.07, 6.45) is 2.20. The summed E-state index contributed by atoms with van der Waals surface area (Å²) in [5.41, 5.74) is 0.876. The average Bonchev–Trinajstić information content (AvgIpc) is 3.22. The standard InChI is InChI=1S/C14H21N3O2/c1-9(2)17-5-6-19-12(8-17)14-15-11(10-3-4-10)7-13(18)16-14/h7,9-10,12H,3-6,8H2,1-2H3,(H,15,16,18). The van der Waals surface area contributed by atoms with Gasteiger partial charge in [-0.3, -0.25) is 9.69 Å². The maximum Gasteiger partial charge on any atom is 0.251 e. The van der Waals surface area contributed by atoms with Gasteiger partial charge in [0.05, 0.1) is 12.3 Å². The zero-order chi connectivity index (χ0) is 13.4. The van der Waals surface area contributed by atoms with E-state index in [-0.39, 0.29) is 11.7 Å². The molecule has 0 radical (unpaired) electrons. The van der Waals surface area contributed by atoms with E-state index >= 15 is 0 Å². The number of nitrogens with zero attached hydrogens (tertiary/aromatic N) is 2. The summed E-state index contributed by atoms with van der Waals surface area (Å²) in [5, 5.41) is 0. The minimum Gasteiger partial charge on any atom is -0.368 e. The van der Waals surface area contributed by atoms with Crippen molar-refractivity contribution in [2.45, 2.75) is 44.8 Å². The van der Waals surface area contributed by atoms with Crippen molar-refractivity contribution in [1.29, 1.82) is 0 Å². The van der Waals surface area contributed by atoms with Gasteiger partial charge in [0.1, 0.15) is 11.9 Å². The van der Waals surface area contributed by atoms with E-state index in [1.807, 2.05) is 0 Å². The fourth-order valence-electron chi connectivity index (χ4n) is 2.54. The van der Waals surface area contributed by atoms with Crippen LogP contribution >= 0.6 is 0 Å². The van der Waals surface area contributed by atoms with Gasteiger partial charge in [0.2, 0.25) is 0 Å². The number of rotatable bonds is 3. The Balaban J connectivity index is 1.82. The molecule has 1 saturated heterocycles. The molecule has 104 valence electrons. The fourth-order valence-corrected chi connectivity index (χ4v) is 2.54. The molecule has 1 aliphatic heterocycles. The molecule has 1 unspecified atom stereocenters. The molecule has 1 aromatic heterocycles. The zero-order valence-corrected chi connectivity index (χ0v) is 11.6. The van der Waals surface area contributed by atoms with Gasteiger partial charge >= 0.3 is 0 Å². The number of hydrogen-bond donors (Lipinski definition) is 1. The number of morpholine rings is 1. The summed E-state index contributed by atoms with van der Waals surface area (Å²) in [4.78, 5) is 21.5. The summed E-state index contributed by atoms with van der Waals surface area (Å²) in [7, 11) is 0. The molecule has 5 nitrogen and oxygen atoms in total. The SMILES string of the molecule is CC(C)N1CCOC(c2nc(C3CC3)cc(=O)[nH]2)C1. The molecule has 2 fully saturated rings. The Hall–Kier alpha value is -1.20. The summed E-state index contributed by atoms with van der Waals surface area (Å²) in [5.74, 6) is 1.19. The minimum atomic E-state index is -0.109. The molecule has 1 aliphatic carbocycles. The van der Waals surface area contributed by atoms with Crippen molar-refractivity contribution in [3.63, 3.8) is 0 Å². The molecular weight excluding hydrogens is 242 g/mol. The number of nitrogens with one attached hydrogen (secondary N) is 1. The van der Waals surface area contributed by atoms with Gasteiger partial charge < -0.3 is 9.72 Å². The zero-order valence-electron chi connectivity index (χ0n) is 11.6. The van der Waals surface area contributed by atoms with Crippen LogP contribution in [0.4, 0.5) is 0 Å². The quantitative estimate of drug-likeness (QED) is 0.896. The molecule has 1 aromatic rings. The molecule has 1 saturated carbocycles. The lowest BCUT2D eigenvalue weighted by atomic mass is 10.2. The van der Waals surface area contributed by atoms with Crippen molar-refractivity contribution >= 4 is 0 Å². The Bertz CT molecular complexity index is 508. The molecule has 5 heteroatoms. The molecule has 19 heavy (non-hydrogen) atoms. The number of aromatic nitrogens is 2. The van der Waals surface area contributed by atoms with Gasteiger partial charge in [-0.15, -0.1) is 0 Å². The first-order valence-corrected chi connectivity index (χ1v) is 7.10. The number of H-pyrrole nitrogens is 1. The van der Waals surface area contributed by atoms with Crippen LogP contribution in [0.3, 0.4) is 0 Å². The highest BCUT2D eigenvalue weighted by molar-refractivity contribution is 5.15. The lowest BCUT2D eigenvalue weighted by Gasteiger charge is -2.34. The van der Waals surface area contributed by atoms with Crippen molar-refractivity contribution in [1.82, 2.24) is 14.9 Å². The molecule has 0 aromatic carbocycles. The minimum absolute atomic E-state index is 0.0582. The second kappa shape index (κ2) is 5.06. The van der Waals surface area contributed by atoms with Crippen LogP contribution in [-0.4, -0.2) is 40.6 Å². The predicted octanol–water partition coefficient (Wildman–Crippen LogP) is 1.43. The van der Waals surface area contributed by atoms with Gasteiger partial charge in [-0.1, -0.05) is 0 Å². The van der Waals surface area contributed by atoms with E-state index in [4.69, 9.17) is 4.74 Å². The molecule has 0 spiro atoms. The monoisotopic (exact) mass is 263 g/mol. The van der Waals surface area contributed by atoms with Crippen LogP contribution in [0, 0.1) is 0 Å². The average molecular weight is 263 g/mol. The fraction of sp³-hybridized carbons (Fsp3) is 0.714. The Morgan fingerprint density at radius 1 is 1.47 bits per heavy atom. The van der Waals surface area contributed by atoms with E-state index in [0.717, 1.165) is 31.6 Å². The van der Waals surface area contributed by atoms with Gasteiger partial charge in [0, 0.05) is 31.1 Å². The van der Waals surface area contributed by atoms with Crippen LogP contribution in [0.5, 0.6) is 0 Å². The van der Waals surface area contributed by atoms with Gasteiger partial charge in [-0.25, -0.2) is 4.98 Å². The number of aromatic amines is 1. The van der Waals surface area contributed by atoms with Gasteiger partial charge in [-0.2, -0.15) is 0 Å². The van der Waals surface area contributed by atoms with E-state index in [1.165, 1.54) is 0 Å². The Morgan fingerprint density at radius 3 is 2.95 bits per heavy atom. The normalized spacial score (nSPS) is 24.9. The highest BCUT2D eigenvalue weighted by Gasteiger charge is 2.29. The van der Waals surface area contributed by atoms with Crippen molar-refractivity contribution in [2.24, 2.45) is 0 Å². The van der Waals surface area contributed by atoms with E-state index in [0.29, 0.717) is 24.4 Å². The highest BCUT2D eigenvalue weighted by Crippen LogP contribution is 2.38. The van der Waals surface area contributed by atoms with Crippen molar-refractivity contribution < 1.29 is 4.74 Å². The Morgan fingerprint density at radius 2 is 2.26 bits per heavy atom. The second-order valence-electron chi connectivity index (χ2n) is 5.78. The lowest BCUT2D eigenvalue weighted by molar-refractivity contribution is -0.0444. The Kier molecular flexibility index (Phi) is 3.41. The molecule has 1 N–H and O–H groups in total. The summed E-state index contributed by atoms with van der Waals surface area (Å²) in [6, 6.07) is 2.12. The summed E-state index contributed by atoms with van der Waals surface area (Å²) >= 11 is 0. The van der Waals surface area contributed by atoms with Gasteiger partial charge in [0.15, 0.2) is 0 Å². The van der Waals surface area contributed by atoms with E-state index in [1.54, 1.807) is 6.07 Å². The highest BCUT2D eigenvalue weighted by atomic mass is 16.5. The smallest absolute Gasteiger partial charge is 0.251 e. The molecule has 0 bridgehead atoms. The van der Waals surface area contributed by atoms with E-state index < -0.39 is 0 Å². The lowest BCUT2D eigenvalue weighted by Crippen LogP contribution is -2.43. The summed E-state index contributed by atoms with van der Waals surface area (Å²) < 4.78 is 5.78. The van der Waals surface area contributed by atoms with E-state index in [2.05, 4.69) is 28.7 Å². The third kappa shape index (κ3) is 2.87. The second-order valence-corrected chi connectivity index (χ2v) is 5.78. The third-order valence-electron chi connectivity index (χ3n) is 3.91. The van der Waals surface area contributed by atoms with Crippen molar-refractivity contribution in [2.75, 3.05) is 19.7 Å². The van der Waals surface area contributed by atoms with Crippen LogP contribution in [0.1, 0.15) is 50.2 Å².